The number of likely N-dealkylation sites (tertiary alicyclic amines) is 1. The summed E-state index contributed by atoms with van der Waals surface area (Å²) in [5, 5.41) is 8.87. The lowest BCUT2D eigenvalue weighted by atomic mass is 9.97. The van der Waals surface area contributed by atoms with E-state index in [1.807, 2.05) is 19.1 Å². The van der Waals surface area contributed by atoms with Gasteiger partial charge in [0.05, 0.1) is 6.61 Å². The third-order valence-electron chi connectivity index (χ3n) is 4.06. The Balaban J connectivity index is 1.93. The Morgan fingerprint density at radius 2 is 2.10 bits per heavy atom. The minimum absolute atomic E-state index is 0.268. The van der Waals surface area contributed by atoms with Gasteiger partial charge in [0.2, 0.25) is 0 Å². The van der Waals surface area contributed by atoms with Gasteiger partial charge in [0.25, 0.3) is 0 Å². The van der Waals surface area contributed by atoms with E-state index in [4.69, 9.17) is 9.84 Å². The first-order chi connectivity index (χ1) is 10.2. The number of nitrogens with zero attached hydrogens (tertiary/aromatic N) is 1. The van der Waals surface area contributed by atoms with Gasteiger partial charge >= 0.3 is 5.97 Å². The number of piperidine rings is 1. The number of rotatable bonds is 7. The third-order valence-corrected chi connectivity index (χ3v) is 4.06. The molecule has 0 spiro atoms. The summed E-state index contributed by atoms with van der Waals surface area (Å²) < 4.78 is 5.46. The number of hydrogen-bond donors (Lipinski definition) is 1. The number of carboxylic acid groups (broad SMARTS) is 1. The number of carboxylic acids is 1. The Morgan fingerprint density at radius 1 is 1.33 bits per heavy atom. The van der Waals surface area contributed by atoms with Gasteiger partial charge in [0.1, 0.15) is 5.75 Å². The molecule has 0 amide bonds. The second-order valence-corrected chi connectivity index (χ2v) is 5.63. The molecule has 1 saturated heterocycles. The molecule has 4 nitrogen and oxygen atoms in total. The van der Waals surface area contributed by atoms with Crippen LogP contribution in [-0.4, -0.2) is 35.2 Å². The van der Waals surface area contributed by atoms with Crippen molar-refractivity contribution in [3.63, 3.8) is 0 Å². The molecule has 4 heteroatoms. The van der Waals surface area contributed by atoms with Crippen molar-refractivity contribution in [2.24, 2.45) is 0 Å². The van der Waals surface area contributed by atoms with E-state index in [0.717, 1.165) is 31.7 Å². The Labute approximate surface area is 126 Å². The normalized spacial score (nSPS) is 19.4. The lowest BCUT2D eigenvalue weighted by molar-refractivity contribution is -0.137. The second-order valence-electron chi connectivity index (χ2n) is 5.63. The lowest BCUT2D eigenvalue weighted by Crippen LogP contribution is -2.39. The van der Waals surface area contributed by atoms with E-state index in [0.29, 0.717) is 12.6 Å². The number of hydrogen-bond acceptors (Lipinski definition) is 3. The highest BCUT2D eigenvalue weighted by Crippen LogP contribution is 2.23. The number of carbonyl (C=O) groups is 1. The van der Waals surface area contributed by atoms with Crippen LogP contribution in [0.3, 0.4) is 0 Å². The quantitative estimate of drug-likeness (QED) is 0.837. The van der Waals surface area contributed by atoms with Gasteiger partial charge in [-0.3, -0.25) is 9.69 Å². The highest BCUT2D eigenvalue weighted by atomic mass is 16.5. The minimum atomic E-state index is -0.693. The summed E-state index contributed by atoms with van der Waals surface area (Å²) in [4.78, 5) is 13.2. The molecule has 1 unspecified atom stereocenters. The Hall–Kier alpha value is -1.55. The molecule has 1 aromatic rings. The molecule has 0 aliphatic carbocycles. The van der Waals surface area contributed by atoms with Crippen LogP contribution < -0.4 is 4.74 Å². The van der Waals surface area contributed by atoms with Crippen LogP contribution in [0.2, 0.25) is 0 Å². The molecule has 0 saturated carbocycles. The van der Waals surface area contributed by atoms with Crippen LogP contribution in [0, 0.1) is 0 Å². The molecule has 1 fully saturated rings. The molecule has 2 rings (SSSR count). The molecule has 1 aliphatic rings. The second kappa shape index (κ2) is 8.03. The standard InChI is InChI=1S/C17H25NO3/c1-2-21-16-9-6-14(7-10-16)13-18-12-4-3-5-15(18)8-11-17(19)20/h6-7,9-10,15H,2-5,8,11-13H2,1H3,(H,19,20). The number of ether oxygens (including phenoxy) is 1. The fraction of sp³-hybridized carbons (Fsp3) is 0.588. The van der Waals surface area contributed by atoms with Crippen molar-refractivity contribution in [3.8, 4) is 5.75 Å². The molecule has 1 N–H and O–H groups in total. The molecule has 0 radical (unpaired) electrons. The maximum absolute atomic E-state index is 10.8. The summed E-state index contributed by atoms with van der Waals surface area (Å²) >= 11 is 0. The molecule has 1 aliphatic heterocycles. The third kappa shape index (κ3) is 5.05. The van der Waals surface area contributed by atoms with Gasteiger partial charge in [0.15, 0.2) is 0 Å². The van der Waals surface area contributed by atoms with Gasteiger partial charge in [-0.1, -0.05) is 18.6 Å². The lowest BCUT2D eigenvalue weighted by Gasteiger charge is -2.35. The first-order valence-corrected chi connectivity index (χ1v) is 7.86. The van der Waals surface area contributed by atoms with Crippen molar-refractivity contribution in [2.75, 3.05) is 13.2 Å². The Bertz CT molecular complexity index is 444. The maximum Gasteiger partial charge on any atom is 0.303 e. The molecular formula is C17H25NO3. The van der Waals surface area contributed by atoms with E-state index in [1.54, 1.807) is 0 Å². The fourth-order valence-corrected chi connectivity index (χ4v) is 2.98. The average Bonchev–Trinajstić information content (AvgIpc) is 2.48. The molecule has 1 atom stereocenters. The predicted octanol–water partition coefficient (Wildman–Crippen LogP) is 3.30. The van der Waals surface area contributed by atoms with Crippen LogP contribution in [0.15, 0.2) is 24.3 Å². The zero-order valence-corrected chi connectivity index (χ0v) is 12.8. The van der Waals surface area contributed by atoms with Crippen LogP contribution in [-0.2, 0) is 11.3 Å². The molecule has 21 heavy (non-hydrogen) atoms. The van der Waals surface area contributed by atoms with E-state index in [1.165, 1.54) is 18.4 Å². The van der Waals surface area contributed by atoms with Gasteiger partial charge in [-0.25, -0.2) is 0 Å². The van der Waals surface area contributed by atoms with E-state index in [2.05, 4.69) is 17.0 Å². The summed E-state index contributed by atoms with van der Waals surface area (Å²) in [5.74, 6) is 0.212. The summed E-state index contributed by atoms with van der Waals surface area (Å²) in [6.07, 6.45) is 4.56. The zero-order valence-electron chi connectivity index (χ0n) is 12.8. The topological polar surface area (TPSA) is 49.8 Å². The van der Waals surface area contributed by atoms with Crippen molar-refractivity contribution in [2.45, 2.75) is 51.6 Å². The van der Waals surface area contributed by atoms with E-state index < -0.39 is 5.97 Å². The summed E-state index contributed by atoms with van der Waals surface area (Å²) in [6, 6.07) is 8.63. The van der Waals surface area contributed by atoms with Crippen LogP contribution in [0.4, 0.5) is 0 Å². The Morgan fingerprint density at radius 3 is 2.76 bits per heavy atom. The van der Waals surface area contributed by atoms with E-state index >= 15 is 0 Å². The zero-order chi connectivity index (χ0) is 15.1. The van der Waals surface area contributed by atoms with Crippen molar-refractivity contribution in [3.05, 3.63) is 29.8 Å². The number of benzene rings is 1. The highest BCUT2D eigenvalue weighted by Gasteiger charge is 2.22. The van der Waals surface area contributed by atoms with E-state index in [-0.39, 0.29) is 6.42 Å². The minimum Gasteiger partial charge on any atom is -0.494 e. The van der Waals surface area contributed by atoms with Crippen LogP contribution in [0.5, 0.6) is 5.75 Å². The highest BCUT2D eigenvalue weighted by molar-refractivity contribution is 5.66. The summed E-state index contributed by atoms with van der Waals surface area (Å²) in [5.41, 5.74) is 1.26. The molecule has 0 aromatic heterocycles. The van der Waals surface area contributed by atoms with Crippen molar-refractivity contribution >= 4 is 5.97 Å². The first-order valence-electron chi connectivity index (χ1n) is 7.86. The van der Waals surface area contributed by atoms with Crippen LogP contribution in [0.25, 0.3) is 0 Å². The molecule has 0 bridgehead atoms. The average molecular weight is 291 g/mol. The van der Waals surface area contributed by atoms with Crippen LogP contribution in [0.1, 0.15) is 44.6 Å². The van der Waals surface area contributed by atoms with Gasteiger partial charge in [-0.15, -0.1) is 0 Å². The molecular weight excluding hydrogens is 266 g/mol. The first kappa shape index (κ1) is 15.8. The smallest absolute Gasteiger partial charge is 0.303 e. The number of aliphatic carboxylic acids is 1. The molecule has 1 heterocycles. The Kier molecular flexibility index (Phi) is 6.05. The van der Waals surface area contributed by atoms with Crippen LogP contribution >= 0.6 is 0 Å². The SMILES string of the molecule is CCOc1ccc(CN2CCCCC2CCC(=O)O)cc1. The van der Waals surface area contributed by atoms with Crippen molar-refractivity contribution < 1.29 is 14.6 Å². The maximum atomic E-state index is 10.8. The van der Waals surface area contributed by atoms with Gasteiger partial charge in [0, 0.05) is 19.0 Å². The van der Waals surface area contributed by atoms with Gasteiger partial charge in [-0.2, -0.15) is 0 Å². The fourth-order valence-electron chi connectivity index (χ4n) is 2.98. The van der Waals surface area contributed by atoms with Crippen molar-refractivity contribution in [1.29, 1.82) is 0 Å². The molecule has 1 aromatic carbocycles. The van der Waals surface area contributed by atoms with E-state index in [9.17, 15) is 4.79 Å². The van der Waals surface area contributed by atoms with Gasteiger partial charge < -0.3 is 9.84 Å². The van der Waals surface area contributed by atoms with Crippen molar-refractivity contribution in [1.82, 2.24) is 4.90 Å². The predicted molar refractivity (Wildman–Crippen MR) is 82.5 cm³/mol. The monoisotopic (exact) mass is 291 g/mol. The summed E-state index contributed by atoms with van der Waals surface area (Å²) in [7, 11) is 0. The van der Waals surface area contributed by atoms with Gasteiger partial charge in [-0.05, 0) is 50.4 Å². The molecule has 116 valence electrons. The summed E-state index contributed by atoms with van der Waals surface area (Å²) in [6.45, 7) is 4.63. The largest absolute Gasteiger partial charge is 0.494 e.